The topological polar surface area (TPSA) is 62.2 Å². The van der Waals surface area contributed by atoms with Gasteiger partial charge in [0.2, 0.25) is 0 Å². The van der Waals surface area contributed by atoms with Crippen LogP contribution in [0.5, 0.6) is 0 Å². The number of aryl methyl sites for hydroxylation is 1. The summed E-state index contributed by atoms with van der Waals surface area (Å²) in [5.74, 6) is 1.46. The maximum absolute atomic E-state index is 11.8. The van der Waals surface area contributed by atoms with Gasteiger partial charge < -0.3 is 8.97 Å². The van der Waals surface area contributed by atoms with Crippen LogP contribution in [-0.4, -0.2) is 9.30 Å². The summed E-state index contributed by atoms with van der Waals surface area (Å²) in [6.07, 6.45) is 0.546. The molecule has 0 fully saturated rings. The van der Waals surface area contributed by atoms with Crippen LogP contribution < -0.4 is 5.14 Å². The third kappa shape index (κ3) is 4.00. The Balaban J connectivity index is 2.46. The zero-order chi connectivity index (χ0) is 16.5. The van der Waals surface area contributed by atoms with Gasteiger partial charge in [0.05, 0.1) is 0 Å². The lowest BCUT2D eigenvalue weighted by molar-refractivity contribution is 0.428. The summed E-state index contributed by atoms with van der Waals surface area (Å²) >= 11 is 10.9. The van der Waals surface area contributed by atoms with Crippen LogP contribution in [0.1, 0.15) is 43.3 Å². The summed E-state index contributed by atoms with van der Waals surface area (Å²) in [7, 11) is 0. The van der Waals surface area contributed by atoms with Gasteiger partial charge in [-0.2, -0.15) is 5.14 Å². The third-order valence-electron chi connectivity index (χ3n) is 3.68. The molecule has 0 saturated heterocycles. The van der Waals surface area contributed by atoms with Crippen molar-refractivity contribution >= 4 is 34.6 Å². The molecule has 2 atom stereocenters. The Morgan fingerprint density at radius 3 is 2.45 bits per heavy atom. The van der Waals surface area contributed by atoms with Crippen LogP contribution in [0.3, 0.4) is 0 Å². The highest BCUT2D eigenvalue weighted by atomic mass is 35.5. The third-order valence-corrected chi connectivity index (χ3v) is 5.50. The Morgan fingerprint density at radius 1 is 1.27 bits per heavy atom. The van der Waals surface area contributed by atoms with Crippen LogP contribution in [-0.2, 0) is 11.4 Å². The SMILES string of the molecule is Cc1ccc(C(CC(C)(C)[S+](N)[O-])c2ccc(Cl)cc2Cl)o1. The van der Waals surface area contributed by atoms with Crippen molar-refractivity contribution in [2.45, 2.75) is 37.9 Å². The largest absolute Gasteiger partial charge is 0.598 e. The number of benzene rings is 1. The molecule has 1 aromatic carbocycles. The fourth-order valence-corrected chi connectivity index (χ4v) is 3.23. The van der Waals surface area contributed by atoms with Gasteiger partial charge in [-0.25, -0.2) is 0 Å². The van der Waals surface area contributed by atoms with E-state index in [2.05, 4.69) is 0 Å². The summed E-state index contributed by atoms with van der Waals surface area (Å²) in [4.78, 5) is 0. The van der Waals surface area contributed by atoms with Gasteiger partial charge in [-0.3, -0.25) is 0 Å². The molecule has 0 saturated carbocycles. The van der Waals surface area contributed by atoms with Crippen LogP contribution in [0.2, 0.25) is 10.0 Å². The molecule has 0 bridgehead atoms. The van der Waals surface area contributed by atoms with Gasteiger partial charge in [0, 0.05) is 33.7 Å². The first kappa shape index (κ1) is 17.7. The minimum Gasteiger partial charge on any atom is -0.598 e. The molecular weight excluding hydrogens is 341 g/mol. The van der Waals surface area contributed by atoms with E-state index in [9.17, 15) is 4.55 Å². The first-order valence-electron chi connectivity index (χ1n) is 6.88. The standard InChI is InChI=1S/C16H19Cl2NO2S/c1-10-4-7-15(21-10)13(9-16(2,3)22(19)20)12-6-5-11(17)8-14(12)18/h4-8,13H,9,19H2,1-3H3. The lowest BCUT2D eigenvalue weighted by Gasteiger charge is -2.28. The number of rotatable bonds is 5. The molecule has 1 aromatic heterocycles. The van der Waals surface area contributed by atoms with E-state index in [1.807, 2.05) is 39.0 Å². The summed E-state index contributed by atoms with van der Waals surface area (Å²) in [6.45, 7) is 5.63. The van der Waals surface area contributed by atoms with Gasteiger partial charge in [-0.05, 0) is 50.6 Å². The molecule has 120 valence electrons. The summed E-state index contributed by atoms with van der Waals surface area (Å²) < 4.78 is 17.0. The molecule has 0 radical (unpaired) electrons. The number of hydrogen-bond donors (Lipinski definition) is 1. The minimum atomic E-state index is -1.46. The highest BCUT2D eigenvalue weighted by Gasteiger charge is 2.36. The van der Waals surface area contributed by atoms with Crippen molar-refractivity contribution in [3.05, 3.63) is 57.5 Å². The molecule has 22 heavy (non-hydrogen) atoms. The predicted octanol–water partition coefficient (Wildman–Crippen LogP) is 4.82. The van der Waals surface area contributed by atoms with E-state index >= 15 is 0 Å². The minimum absolute atomic E-state index is 0.138. The van der Waals surface area contributed by atoms with Gasteiger partial charge in [-0.1, -0.05) is 29.3 Å². The summed E-state index contributed by atoms with van der Waals surface area (Å²) in [5, 5.41) is 6.76. The summed E-state index contributed by atoms with van der Waals surface area (Å²) in [6, 6.07) is 9.19. The molecule has 2 aromatic rings. The fraction of sp³-hybridized carbons (Fsp3) is 0.375. The van der Waals surface area contributed by atoms with E-state index < -0.39 is 16.1 Å². The van der Waals surface area contributed by atoms with Crippen molar-refractivity contribution < 1.29 is 8.97 Å². The van der Waals surface area contributed by atoms with Crippen LogP contribution in [0, 0.1) is 6.92 Å². The van der Waals surface area contributed by atoms with E-state index in [1.54, 1.807) is 12.1 Å². The molecule has 2 rings (SSSR count). The zero-order valence-corrected chi connectivity index (χ0v) is 15.1. The number of halogens is 2. The molecule has 6 heteroatoms. The molecule has 3 nitrogen and oxygen atoms in total. The van der Waals surface area contributed by atoms with Crippen molar-refractivity contribution in [2.75, 3.05) is 0 Å². The molecular formula is C16H19Cl2NO2S. The van der Waals surface area contributed by atoms with Gasteiger partial charge in [0.25, 0.3) is 0 Å². The second kappa shape index (κ2) is 6.85. The molecule has 0 aliphatic carbocycles. The van der Waals surface area contributed by atoms with E-state index in [4.69, 9.17) is 32.8 Å². The predicted molar refractivity (Wildman–Crippen MR) is 92.8 cm³/mol. The average molecular weight is 360 g/mol. The van der Waals surface area contributed by atoms with Crippen molar-refractivity contribution in [1.29, 1.82) is 0 Å². The molecule has 1 heterocycles. The van der Waals surface area contributed by atoms with Crippen molar-refractivity contribution in [3.8, 4) is 0 Å². The maximum Gasteiger partial charge on any atom is 0.140 e. The number of hydrogen-bond acceptors (Lipinski definition) is 3. The molecule has 2 N–H and O–H groups in total. The van der Waals surface area contributed by atoms with Gasteiger partial charge in [0.15, 0.2) is 0 Å². The van der Waals surface area contributed by atoms with Gasteiger partial charge in [-0.15, -0.1) is 0 Å². The van der Waals surface area contributed by atoms with E-state index in [0.717, 1.165) is 17.1 Å². The quantitative estimate of drug-likeness (QED) is 0.778. The zero-order valence-electron chi connectivity index (χ0n) is 12.7. The highest BCUT2D eigenvalue weighted by Crippen LogP contribution is 2.39. The molecule has 0 spiro atoms. The highest BCUT2D eigenvalue weighted by molar-refractivity contribution is 7.90. The van der Waals surface area contributed by atoms with Crippen molar-refractivity contribution in [3.63, 3.8) is 0 Å². The Hall–Kier alpha value is -0.650. The fourth-order valence-electron chi connectivity index (χ4n) is 2.36. The van der Waals surface area contributed by atoms with E-state index in [1.165, 1.54) is 0 Å². The van der Waals surface area contributed by atoms with Crippen molar-refractivity contribution in [1.82, 2.24) is 0 Å². The normalized spacial score (nSPS) is 14.9. The average Bonchev–Trinajstić information content (AvgIpc) is 2.83. The number of nitrogens with two attached hydrogens (primary N) is 1. The Labute approximate surface area is 144 Å². The lowest BCUT2D eigenvalue weighted by atomic mass is 9.88. The maximum atomic E-state index is 11.8. The first-order valence-corrected chi connectivity index (χ1v) is 8.85. The lowest BCUT2D eigenvalue weighted by Crippen LogP contribution is -2.39. The number of furan rings is 1. The van der Waals surface area contributed by atoms with Crippen LogP contribution >= 0.6 is 23.2 Å². The second-order valence-corrected chi connectivity index (χ2v) is 8.47. The van der Waals surface area contributed by atoms with Crippen molar-refractivity contribution in [2.24, 2.45) is 5.14 Å². The Morgan fingerprint density at radius 2 is 1.95 bits per heavy atom. The second-order valence-electron chi connectivity index (χ2n) is 5.93. The first-order chi connectivity index (χ1) is 10.2. The molecule has 2 unspecified atom stereocenters. The smallest absolute Gasteiger partial charge is 0.140 e. The van der Waals surface area contributed by atoms with Crippen LogP contribution in [0.25, 0.3) is 0 Å². The van der Waals surface area contributed by atoms with E-state index in [-0.39, 0.29) is 5.92 Å². The molecule has 0 aliphatic heterocycles. The summed E-state index contributed by atoms with van der Waals surface area (Å²) in [5.41, 5.74) is 0.888. The monoisotopic (exact) mass is 359 g/mol. The Kier molecular flexibility index (Phi) is 5.51. The van der Waals surface area contributed by atoms with Crippen LogP contribution in [0.15, 0.2) is 34.7 Å². The molecule has 0 amide bonds. The van der Waals surface area contributed by atoms with E-state index in [0.29, 0.717) is 16.5 Å². The van der Waals surface area contributed by atoms with Gasteiger partial charge in [0.1, 0.15) is 16.3 Å². The van der Waals surface area contributed by atoms with Crippen LogP contribution in [0.4, 0.5) is 0 Å². The Bertz CT molecular complexity index is 655. The van der Waals surface area contributed by atoms with Gasteiger partial charge >= 0.3 is 0 Å². The molecule has 0 aliphatic rings.